The highest BCUT2D eigenvalue weighted by Crippen LogP contribution is 2.28. The Morgan fingerprint density at radius 1 is 0.839 bits per heavy atom. The van der Waals surface area contributed by atoms with E-state index >= 15 is 0 Å². The summed E-state index contributed by atoms with van der Waals surface area (Å²) >= 11 is 0. The molecular weight excluding hydrogens is 394 g/mol. The van der Waals surface area contributed by atoms with Crippen molar-refractivity contribution in [1.29, 1.82) is 0 Å². The summed E-state index contributed by atoms with van der Waals surface area (Å²) in [7, 11) is 0. The van der Waals surface area contributed by atoms with Crippen LogP contribution < -0.4 is 19.5 Å². The van der Waals surface area contributed by atoms with Gasteiger partial charge in [0.05, 0.1) is 13.2 Å². The van der Waals surface area contributed by atoms with Crippen LogP contribution in [-0.4, -0.2) is 19.1 Å². The first-order valence-electron chi connectivity index (χ1n) is 10.6. The topological polar surface area (TPSA) is 69.9 Å². The second kappa shape index (κ2) is 11.1. The summed E-state index contributed by atoms with van der Waals surface area (Å²) in [6.07, 6.45) is 0.987. The van der Waals surface area contributed by atoms with Crippen molar-refractivity contribution in [1.82, 2.24) is 5.32 Å². The molecule has 0 aliphatic heterocycles. The second-order valence-corrected chi connectivity index (χ2v) is 6.88. The average molecular weight is 424 g/mol. The van der Waals surface area contributed by atoms with Crippen LogP contribution in [0.15, 0.2) is 59.0 Å². The normalized spacial score (nSPS) is 10.5. The number of benzene rings is 2. The molecule has 1 N–H and O–H groups in total. The first kappa shape index (κ1) is 22.3. The molecule has 0 aliphatic rings. The molecule has 31 heavy (non-hydrogen) atoms. The van der Waals surface area contributed by atoms with Gasteiger partial charge in [0.25, 0.3) is 5.91 Å². The molecule has 1 aromatic heterocycles. The predicted octanol–water partition coefficient (Wildman–Crippen LogP) is 5.15. The van der Waals surface area contributed by atoms with E-state index in [-0.39, 0.29) is 18.3 Å². The number of furan rings is 1. The van der Waals surface area contributed by atoms with Crippen LogP contribution in [0.5, 0.6) is 17.2 Å². The van der Waals surface area contributed by atoms with Gasteiger partial charge in [0.2, 0.25) is 0 Å². The summed E-state index contributed by atoms with van der Waals surface area (Å²) in [6, 6.07) is 17.0. The maximum atomic E-state index is 12.5. The second-order valence-electron chi connectivity index (χ2n) is 6.88. The lowest BCUT2D eigenvalue weighted by Crippen LogP contribution is -2.22. The standard InChI is InChI=1S/C25H29NO5/c1-4-18-7-10-20(11-8-18)30-17-21-12-14-23(31-21)25(27)26-16-19-9-13-22(28-5-2)24(15-19)29-6-3/h7-15H,4-6,16-17H2,1-3H3,(H,26,27). The fourth-order valence-electron chi connectivity index (χ4n) is 3.03. The Morgan fingerprint density at radius 3 is 2.26 bits per heavy atom. The molecule has 0 atom stereocenters. The van der Waals surface area contributed by atoms with Crippen LogP contribution in [0.25, 0.3) is 0 Å². The van der Waals surface area contributed by atoms with Gasteiger partial charge in [-0.3, -0.25) is 4.79 Å². The highest BCUT2D eigenvalue weighted by atomic mass is 16.5. The number of ether oxygens (including phenoxy) is 3. The Balaban J connectivity index is 1.54. The van der Waals surface area contributed by atoms with E-state index in [4.69, 9.17) is 18.6 Å². The van der Waals surface area contributed by atoms with Crippen molar-refractivity contribution in [3.63, 3.8) is 0 Å². The summed E-state index contributed by atoms with van der Waals surface area (Å²) < 4.78 is 22.6. The van der Waals surface area contributed by atoms with Gasteiger partial charge in [0.15, 0.2) is 17.3 Å². The van der Waals surface area contributed by atoms with Crippen LogP contribution in [0.4, 0.5) is 0 Å². The molecular formula is C25H29NO5. The number of carbonyl (C=O) groups excluding carboxylic acids is 1. The van der Waals surface area contributed by atoms with Crippen LogP contribution >= 0.6 is 0 Å². The molecule has 0 unspecified atom stereocenters. The lowest BCUT2D eigenvalue weighted by Gasteiger charge is -2.12. The van der Waals surface area contributed by atoms with Crippen molar-refractivity contribution in [2.75, 3.05) is 13.2 Å². The van der Waals surface area contributed by atoms with Crippen molar-refractivity contribution in [2.24, 2.45) is 0 Å². The molecule has 0 spiro atoms. The number of hydrogen-bond donors (Lipinski definition) is 1. The van der Waals surface area contributed by atoms with Gasteiger partial charge in [-0.05, 0) is 67.8 Å². The first-order valence-corrected chi connectivity index (χ1v) is 10.6. The van der Waals surface area contributed by atoms with Crippen molar-refractivity contribution < 1.29 is 23.4 Å². The van der Waals surface area contributed by atoms with E-state index in [1.807, 2.05) is 56.3 Å². The minimum atomic E-state index is -0.287. The predicted molar refractivity (Wildman–Crippen MR) is 119 cm³/mol. The van der Waals surface area contributed by atoms with E-state index in [0.717, 1.165) is 17.7 Å². The van der Waals surface area contributed by atoms with Gasteiger partial charge in [-0.25, -0.2) is 0 Å². The quantitative estimate of drug-likeness (QED) is 0.462. The monoisotopic (exact) mass is 423 g/mol. The Hall–Kier alpha value is -3.41. The van der Waals surface area contributed by atoms with Crippen LogP contribution in [-0.2, 0) is 19.6 Å². The van der Waals surface area contributed by atoms with Crippen LogP contribution in [0.3, 0.4) is 0 Å². The fourth-order valence-corrected chi connectivity index (χ4v) is 3.03. The fraction of sp³-hybridized carbons (Fsp3) is 0.320. The molecule has 164 valence electrons. The van der Waals surface area contributed by atoms with Gasteiger partial charge in [0, 0.05) is 6.54 Å². The van der Waals surface area contributed by atoms with E-state index in [1.54, 1.807) is 12.1 Å². The van der Waals surface area contributed by atoms with Crippen molar-refractivity contribution in [3.8, 4) is 17.2 Å². The molecule has 3 aromatic rings. The molecule has 6 nitrogen and oxygen atoms in total. The lowest BCUT2D eigenvalue weighted by molar-refractivity contribution is 0.0919. The lowest BCUT2D eigenvalue weighted by atomic mass is 10.2. The smallest absolute Gasteiger partial charge is 0.287 e. The van der Waals surface area contributed by atoms with Crippen LogP contribution in [0, 0.1) is 0 Å². The summed E-state index contributed by atoms with van der Waals surface area (Å²) in [4.78, 5) is 12.5. The summed E-state index contributed by atoms with van der Waals surface area (Å²) in [6.45, 7) is 7.66. The molecule has 3 rings (SSSR count). The van der Waals surface area contributed by atoms with Crippen molar-refractivity contribution >= 4 is 5.91 Å². The number of amides is 1. The zero-order chi connectivity index (χ0) is 22.1. The van der Waals surface area contributed by atoms with Gasteiger partial charge in [-0.1, -0.05) is 25.1 Å². The molecule has 0 fully saturated rings. The summed E-state index contributed by atoms with van der Waals surface area (Å²) in [5, 5.41) is 2.87. The molecule has 0 saturated heterocycles. The third kappa shape index (κ3) is 6.28. The molecule has 6 heteroatoms. The number of aryl methyl sites for hydroxylation is 1. The minimum Gasteiger partial charge on any atom is -0.490 e. The van der Waals surface area contributed by atoms with E-state index in [2.05, 4.69) is 12.2 Å². The van der Waals surface area contributed by atoms with Gasteiger partial charge in [-0.2, -0.15) is 0 Å². The van der Waals surface area contributed by atoms with Gasteiger partial charge >= 0.3 is 0 Å². The maximum absolute atomic E-state index is 12.5. The van der Waals surface area contributed by atoms with Crippen LogP contribution in [0.2, 0.25) is 0 Å². The molecule has 1 amide bonds. The number of rotatable bonds is 11. The summed E-state index contributed by atoms with van der Waals surface area (Å²) in [5.41, 5.74) is 2.16. The molecule has 2 aromatic carbocycles. The molecule has 0 aliphatic carbocycles. The van der Waals surface area contributed by atoms with Gasteiger partial charge in [0.1, 0.15) is 18.1 Å². The Bertz CT molecular complexity index is 978. The van der Waals surface area contributed by atoms with Crippen LogP contribution in [0.1, 0.15) is 48.2 Å². The zero-order valence-electron chi connectivity index (χ0n) is 18.3. The largest absolute Gasteiger partial charge is 0.490 e. The van der Waals surface area contributed by atoms with Crippen molar-refractivity contribution in [2.45, 2.75) is 40.3 Å². The minimum absolute atomic E-state index is 0.246. The van der Waals surface area contributed by atoms with Crippen molar-refractivity contribution in [3.05, 3.63) is 77.2 Å². The Labute approximate surface area is 183 Å². The Morgan fingerprint density at radius 2 is 1.55 bits per heavy atom. The summed E-state index contributed by atoms with van der Waals surface area (Å²) in [5.74, 6) is 2.67. The first-order chi connectivity index (χ1) is 15.1. The van der Waals surface area contributed by atoms with Gasteiger partial charge in [-0.15, -0.1) is 0 Å². The van der Waals surface area contributed by atoms with E-state index in [9.17, 15) is 4.79 Å². The Kier molecular flexibility index (Phi) is 7.98. The third-order valence-electron chi connectivity index (χ3n) is 4.66. The molecule has 1 heterocycles. The van der Waals surface area contributed by atoms with Gasteiger partial charge < -0.3 is 23.9 Å². The highest BCUT2D eigenvalue weighted by Gasteiger charge is 2.12. The maximum Gasteiger partial charge on any atom is 0.287 e. The average Bonchev–Trinajstić information content (AvgIpc) is 3.27. The number of hydrogen-bond acceptors (Lipinski definition) is 5. The zero-order valence-corrected chi connectivity index (χ0v) is 18.3. The molecule has 0 radical (unpaired) electrons. The molecule has 0 bridgehead atoms. The number of carbonyl (C=O) groups is 1. The SMILES string of the molecule is CCOc1ccc(CNC(=O)c2ccc(COc3ccc(CC)cc3)o2)cc1OCC. The highest BCUT2D eigenvalue weighted by molar-refractivity contribution is 5.91. The number of nitrogens with one attached hydrogen (secondary N) is 1. The van der Waals surface area contributed by atoms with E-state index in [0.29, 0.717) is 37.0 Å². The van der Waals surface area contributed by atoms with E-state index < -0.39 is 0 Å². The van der Waals surface area contributed by atoms with E-state index in [1.165, 1.54) is 5.56 Å². The third-order valence-corrected chi connectivity index (χ3v) is 4.66. The molecule has 0 saturated carbocycles.